The highest BCUT2D eigenvalue weighted by Gasteiger charge is 2.17. The number of nitrogens with one attached hydrogen (secondary N) is 2. The number of rotatable bonds is 2. The average molecular weight is 272 g/mol. The molecular formula is C16H20N2O2. The molecular weight excluding hydrogens is 252 g/mol. The highest BCUT2D eigenvalue weighted by molar-refractivity contribution is 5.84. The largest absolute Gasteiger partial charge is 0.507 e. The van der Waals surface area contributed by atoms with Crippen molar-refractivity contribution in [2.24, 2.45) is 0 Å². The summed E-state index contributed by atoms with van der Waals surface area (Å²) in [4.78, 5) is 0. The summed E-state index contributed by atoms with van der Waals surface area (Å²) in [6, 6.07) is 5.71. The van der Waals surface area contributed by atoms with E-state index < -0.39 is 0 Å². The Morgan fingerprint density at radius 1 is 1.30 bits per heavy atom. The number of aromatic hydroxyl groups is 1. The smallest absolute Gasteiger partial charge is 0.215 e. The van der Waals surface area contributed by atoms with Gasteiger partial charge in [0, 0.05) is 5.56 Å². The number of benzene rings is 1. The summed E-state index contributed by atoms with van der Waals surface area (Å²) in [5.41, 5.74) is 2.74. The van der Waals surface area contributed by atoms with Crippen LogP contribution in [0.5, 0.6) is 5.75 Å². The van der Waals surface area contributed by atoms with Crippen LogP contribution in [0.1, 0.15) is 36.8 Å². The van der Waals surface area contributed by atoms with Gasteiger partial charge in [-0.3, -0.25) is 5.41 Å². The summed E-state index contributed by atoms with van der Waals surface area (Å²) in [5, 5.41) is 22.2. The number of hydrogen-bond acceptors (Lipinski definition) is 4. The van der Waals surface area contributed by atoms with E-state index in [1.54, 1.807) is 0 Å². The summed E-state index contributed by atoms with van der Waals surface area (Å²) in [6.45, 7) is 4.01. The number of fused-ring (bicyclic) bond motifs is 1. The van der Waals surface area contributed by atoms with E-state index in [1.165, 1.54) is 0 Å². The number of aryl methyl sites for hydroxylation is 1. The van der Waals surface area contributed by atoms with Gasteiger partial charge in [0.15, 0.2) is 0 Å². The zero-order chi connectivity index (χ0) is 14.1. The Balaban J connectivity index is 2.11. The summed E-state index contributed by atoms with van der Waals surface area (Å²) in [5.74, 6) is 0.719. The second-order valence-corrected chi connectivity index (χ2v) is 5.43. The molecule has 1 aliphatic rings. The van der Waals surface area contributed by atoms with E-state index in [-0.39, 0.29) is 11.3 Å². The van der Waals surface area contributed by atoms with Crippen LogP contribution in [0.3, 0.4) is 0 Å². The van der Waals surface area contributed by atoms with Crippen molar-refractivity contribution in [1.29, 1.82) is 5.41 Å². The van der Waals surface area contributed by atoms with E-state index in [2.05, 4.69) is 5.32 Å². The maximum Gasteiger partial charge on any atom is 0.215 e. The van der Waals surface area contributed by atoms with Gasteiger partial charge in [0.05, 0.1) is 5.39 Å². The van der Waals surface area contributed by atoms with Gasteiger partial charge in [0.2, 0.25) is 5.55 Å². The monoisotopic (exact) mass is 272 g/mol. The van der Waals surface area contributed by atoms with Crippen molar-refractivity contribution >= 4 is 11.0 Å². The molecule has 3 N–H and O–H groups in total. The molecule has 1 fully saturated rings. The Kier molecular flexibility index (Phi) is 3.49. The molecule has 0 bridgehead atoms. The Bertz CT molecular complexity index is 685. The fraction of sp³-hybridized carbons (Fsp3) is 0.438. The fourth-order valence-electron chi connectivity index (χ4n) is 2.93. The summed E-state index contributed by atoms with van der Waals surface area (Å²) in [6.07, 6.45) is 2.88. The van der Waals surface area contributed by atoms with Crippen LogP contribution < -0.4 is 10.9 Å². The first kappa shape index (κ1) is 13.2. The summed E-state index contributed by atoms with van der Waals surface area (Å²) >= 11 is 0. The van der Waals surface area contributed by atoms with Crippen molar-refractivity contribution in [2.45, 2.75) is 32.1 Å². The lowest BCUT2D eigenvalue weighted by molar-refractivity contribution is 0.451. The minimum Gasteiger partial charge on any atom is -0.507 e. The van der Waals surface area contributed by atoms with Gasteiger partial charge >= 0.3 is 0 Å². The third-order valence-electron chi connectivity index (χ3n) is 4.16. The Morgan fingerprint density at radius 2 is 2.05 bits per heavy atom. The van der Waals surface area contributed by atoms with Crippen LogP contribution in [-0.4, -0.2) is 18.2 Å². The molecule has 1 aromatic carbocycles. The number of phenols is 1. The Labute approximate surface area is 117 Å². The quantitative estimate of drug-likeness (QED) is 0.787. The van der Waals surface area contributed by atoms with Crippen LogP contribution >= 0.6 is 0 Å². The second-order valence-electron chi connectivity index (χ2n) is 5.43. The van der Waals surface area contributed by atoms with Gasteiger partial charge in [-0.1, -0.05) is 6.92 Å². The van der Waals surface area contributed by atoms with Gasteiger partial charge in [0.25, 0.3) is 0 Å². The number of hydrogen-bond donors (Lipinski definition) is 3. The SMILES string of the molecule is CCc1cc2c(O)cc(C3CCNCC3)cc2oc1=N. The Morgan fingerprint density at radius 3 is 2.75 bits per heavy atom. The molecule has 4 heteroatoms. The van der Waals surface area contributed by atoms with E-state index >= 15 is 0 Å². The molecule has 4 nitrogen and oxygen atoms in total. The average Bonchev–Trinajstić information content (AvgIpc) is 2.47. The van der Waals surface area contributed by atoms with Gasteiger partial charge in [-0.15, -0.1) is 0 Å². The van der Waals surface area contributed by atoms with Crippen LogP contribution in [0, 0.1) is 5.41 Å². The molecule has 0 radical (unpaired) electrons. The lowest BCUT2D eigenvalue weighted by Crippen LogP contribution is -2.26. The molecule has 0 atom stereocenters. The first-order valence-corrected chi connectivity index (χ1v) is 7.24. The zero-order valence-corrected chi connectivity index (χ0v) is 11.7. The van der Waals surface area contributed by atoms with Gasteiger partial charge in [-0.2, -0.15) is 0 Å². The molecule has 0 spiro atoms. The third kappa shape index (κ3) is 2.31. The molecule has 1 aliphatic heterocycles. The molecule has 0 amide bonds. The lowest BCUT2D eigenvalue weighted by atomic mass is 9.89. The van der Waals surface area contributed by atoms with Crippen LogP contribution in [0.25, 0.3) is 11.0 Å². The molecule has 0 unspecified atom stereocenters. The molecule has 20 heavy (non-hydrogen) atoms. The minimum absolute atomic E-state index is 0.196. The third-order valence-corrected chi connectivity index (χ3v) is 4.16. The predicted octanol–water partition coefficient (Wildman–Crippen LogP) is 2.65. The molecule has 2 aromatic rings. The van der Waals surface area contributed by atoms with Crippen molar-refractivity contribution in [1.82, 2.24) is 5.32 Å². The van der Waals surface area contributed by atoms with E-state index in [1.807, 2.05) is 25.1 Å². The van der Waals surface area contributed by atoms with Crippen LogP contribution in [-0.2, 0) is 6.42 Å². The van der Waals surface area contributed by atoms with E-state index in [9.17, 15) is 5.11 Å². The van der Waals surface area contributed by atoms with Gasteiger partial charge in [-0.05, 0) is 62.0 Å². The first-order chi connectivity index (χ1) is 9.69. The van der Waals surface area contributed by atoms with E-state index in [0.717, 1.165) is 43.5 Å². The van der Waals surface area contributed by atoms with Gasteiger partial charge < -0.3 is 14.8 Å². The van der Waals surface area contributed by atoms with Crippen molar-refractivity contribution in [3.8, 4) is 5.75 Å². The van der Waals surface area contributed by atoms with Gasteiger partial charge in [0.1, 0.15) is 11.3 Å². The minimum atomic E-state index is 0.196. The van der Waals surface area contributed by atoms with Crippen molar-refractivity contribution in [3.63, 3.8) is 0 Å². The molecule has 2 heterocycles. The molecule has 3 rings (SSSR count). The highest BCUT2D eigenvalue weighted by Crippen LogP contribution is 2.33. The van der Waals surface area contributed by atoms with E-state index in [0.29, 0.717) is 16.9 Å². The van der Waals surface area contributed by atoms with Crippen molar-refractivity contribution in [3.05, 3.63) is 34.9 Å². The first-order valence-electron chi connectivity index (χ1n) is 7.24. The second kappa shape index (κ2) is 5.29. The standard InChI is InChI=1S/C16H20N2O2/c1-2-10-7-13-14(19)8-12(9-15(13)20-16(10)17)11-3-5-18-6-4-11/h7-9,11,17-19H,2-6H2,1H3. The fourth-order valence-corrected chi connectivity index (χ4v) is 2.93. The Hall–Kier alpha value is -1.81. The normalized spacial score (nSPS) is 16.6. The van der Waals surface area contributed by atoms with Crippen LogP contribution in [0.15, 0.2) is 22.6 Å². The topological polar surface area (TPSA) is 69.2 Å². The summed E-state index contributed by atoms with van der Waals surface area (Å²) in [7, 11) is 0. The van der Waals surface area contributed by atoms with Crippen LogP contribution in [0.4, 0.5) is 0 Å². The van der Waals surface area contributed by atoms with Crippen molar-refractivity contribution < 1.29 is 9.52 Å². The predicted molar refractivity (Wildman–Crippen MR) is 78.0 cm³/mol. The van der Waals surface area contributed by atoms with Crippen molar-refractivity contribution in [2.75, 3.05) is 13.1 Å². The number of piperidine rings is 1. The highest BCUT2D eigenvalue weighted by atomic mass is 16.3. The molecule has 0 saturated carbocycles. The number of phenolic OH excluding ortho intramolecular Hbond substituents is 1. The molecule has 106 valence electrons. The molecule has 0 aliphatic carbocycles. The van der Waals surface area contributed by atoms with E-state index in [4.69, 9.17) is 9.83 Å². The lowest BCUT2D eigenvalue weighted by Gasteiger charge is -2.23. The zero-order valence-electron chi connectivity index (χ0n) is 11.7. The summed E-state index contributed by atoms with van der Waals surface area (Å²) < 4.78 is 5.59. The molecule has 1 aromatic heterocycles. The molecule has 1 saturated heterocycles. The maximum absolute atomic E-state index is 10.3. The van der Waals surface area contributed by atoms with Gasteiger partial charge in [-0.25, -0.2) is 0 Å². The van der Waals surface area contributed by atoms with Crippen LogP contribution in [0.2, 0.25) is 0 Å². The maximum atomic E-state index is 10.3.